The van der Waals surface area contributed by atoms with Crippen molar-refractivity contribution in [3.63, 3.8) is 0 Å². The number of anilines is 1. The highest BCUT2D eigenvalue weighted by molar-refractivity contribution is 14.0. The molecule has 1 aromatic carbocycles. The minimum absolute atomic E-state index is 0. The van der Waals surface area contributed by atoms with Gasteiger partial charge in [0.05, 0.1) is 19.4 Å². The molecule has 28 heavy (non-hydrogen) atoms. The highest BCUT2D eigenvalue weighted by Crippen LogP contribution is 2.32. The van der Waals surface area contributed by atoms with E-state index >= 15 is 0 Å². The molecule has 0 aliphatic carbocycles. The summed E-state index contributed by atoms with van der Waals surface area (Å²) in [5, 5.41) is 6.52. The molecule has 0 fully saturated rings. The van der Waals surface area contributed by atoms with Crippen molar-refractivity contribution in [2.24, 2.45) is 4.99 Å². The van der Waals surface area contributed by atoms with Crippen molar-refractivity contribution in [1.29, 1.82) is 0 Å². The van der Waals surface area contributed by atoms with Gasteiger partial charge in [-0.1, -0.05) is 20.8 Å². The summed E-state index contributed by atoms with van der Waals surface area (Å²) in [5.41, 5.74) is 0.809. The molecule has 1 aliphatic heterocycles. The molecule has 8 heteroatoms. The van der Waals surface area contributed by atoms with Crippen molar-refractivity contribution in [2.45, 2.75) is 46.1 Å². The van der Waals surface area contributed by atoms with Crippen LogP contribution in [0.15, 0.2) is 33.8 Å². The smallest absolute Gasteiger partial charge is 0.216 e. The molecule has 0 saturated heterocycles. The van der Waals surface area contributed by atoms with Gasteiger partial charge in [0.25, 0.3) is 0 Å². The molecule has 0 saturated carbocycles. The first-order valence-corrected chi connectivity index (χ1v) is 9.36. The third-order valence-corrected chi connectivity index (χ3v) is 4.02. The van der Waals surface area contributed by atoms with Crippen LogP contribution in [0.4, 0.5) is 5.69 Å². The highest BCUT2D eigenvalue weighted by Gasteiger charge is 2.19. The molecule has 154 valence electrons. The number of rotatable bonds is 4. The second-order valence-corrected chi connectivity index (χ2v) is 7.40. The van der Waals surface area contributed by atoms with E-state index in [1.54, 1.807) is 6.20 Å². The van der Waals surface area contributed by atoms with Gasteiger partial charge in [-0.2, -0.15) is 0 Å². The Hall–Kier alpha value is -1.97. The Kier molecular flexibility index (Phi) is 7.97. The van der Waals surface area contributed by atoms with Crippen molar-refractivity contribution >= 4 is 35.6 Å². The lowest BCUT2D eigenvalue weighted by molar-refractivity contribution is 0.297. The monoisotopic (exact) mass is 500 g/mol. The van der Waals surface area contributed by atoms with E-state index in [1.165, 1.54) is 0 Å². The van der Waals surface area contributed by atoms with Gasteiger partial charge >= 0.3 is 0 Å². The van der Waals surface area contributed by atoms with E-state index < -0.39 is 0 Å². The second kappa shape index (κ2) is 9.99. The van der Waals surface area contributed by atoms with Crippen LogP contribution >= 0.6 is 24.0 Å². The lowest BCUT2D eigenvalue weighted by Gasteiger charge is -2.14. The quantitative estimate of drug-likeness (QED) is 0.370. The van der Waals surface area contributed by atoms with Gasteiger partial charge in [-0.05, 0) is 19.1 Å². The maximum Gasteiger partial charge on any atom is 0.216 e. The van der Waals surface area contributed by atoms with E-state index in [0.29, 0.717) is 31.6 Å². The minimum atomic E-state index is -0.0678. The summed E-state index contributed by atoms with van der Waals surface area (Å²) in [4.78, 5) is 8.90. The first kappa shape index (κ1) is 22.3. The van der Waals surface area contributed by atoms with Crippen LogP contribution in [0, 0.1) is 0 Å². The Morgan fingerprint density at radius 1 is 1.18 bits per heavy atom. The number of fused-ring (bicyclic) bond motifs is 1. The molecule has 0 unspecified atom stereocenters. The molecular formula is C20H29IN4O3. The van der Waals surface area contributed by atoms with E-state index in [-0.39, 0.29) is 29.4 Å². The molecule has 1 aromatic heterocycles. The second-order valence-electron chi connectivity index (χ2n) is 7.40. The summed E-state index contributed by atoms with van der Waals surface area (Å²) in [6.07, 6.45) is 2.66. The van der Waals surface area contributed by atoms with Gasteiger partial charge in [0, 0.05) is 30.1 Å². The third kappa shape index (κ3) is 6.02. The standard InChI is InChI=1S/C20H28N4O3.HI/c1-5-21-19(23-13-18-22-12-17(27-18)20(2,3)4)24-14-7-8-15-16(11-14)26-10-6-9-25-15;/h7-8,11-12H,5-6,9-10,13H2,1-4H3,(H2,21,23,24);1H. The fourth-order valence-corrected chi connectivity index (χ4v) is 2.56. The van der Waals surface area contributed by atoms with Crippen LogP contribution in [-0.2, 0) is 12.0 Å². The molecule has 0 radical (unpaired) electrons. The Balaban J connectivity index is 0.00000280. The molecule has 1 aliphatic rings. The predicted octanol–water partition coefficient (Wildman–Crippen LogP) is 4.33. The van der Waals surface area contributed by atoms with Crippen LogP contribution in [0.25, 0.3) is 0 Å². The van der Waals surface area contributed by atoms with Crippen molar-refractivity contribution in [2.75, 3.05) is 25.1 Å². The zero-order chi connectivity index (χ0) is 19.3. The van der Waals surface area contributed by atoms with Gasteiger partial charge in [0.15, 0.2) is 17.5 Å². The van der Waals surface area contributed by atoms with E-state index in [1.807, 2.05) is 25.1 Å². The Bertz CT molecular complexity index is 799. The number of nitrogens with zero attached hydrogens (tertiary/aromatic N) is 2. The zero-order valence-corrected chi connectivity index (χ0v) is 19.2. The average Bonchev–Trinajstić information content (AvgIpc) is 2.99. The first-order chi connectivity index (χ1) is 13.0. The van der Waals surface area contributed by atoms with Crippen LogP contribution in [-0.4, -0.2) is 30.7 Å². The Labute approximate surface area is 183 Å². The fourth-order valence-electron chi connectivity index (χ4n) is 2.56. The van der Waals surface area contributed by atoms with Gasteiger partial charge in [0.1, 0.15) is 12.3 Å². The number of nitrogens with one attached hydrogen (secondary N) is 2. The zero-order valence-electron chi connectivity index (χ0n) is 16.9. The summed E-state index contributed by atoms with van der Waals surface area (Å²) < 4.78 is 17.2. The number of hydrogen-bond acceptors (Lipinski definition) is 5. The predicted molar refractivity (Wildman–Crippen MR) is 121 cm³/mol. The molecule has 3 rings (SSSR count). The first-order valence-electron chi connectivity index (χ1n) is 9.36. The van der Waals surface area contributed by atoms with Crippen molar-refractivity contribution < 1.29 is 13.9 Å². The number of aliphatic imine (C=N–C) groups is 1. The number of benzene rings is 1. The average molecular weight is 500 g/mol. The van der Waals surface area contributed by atoms with Crippen molar-refractivity contribution in [3.05, 3.63) is 36.0 Å². The van der Waals surface area contributed by atoms with E-state index in [9.17, 15) is 0 Å². The van der Waals surface area contributed by atoms with Gasteiger partial charge in [-0.3, -0.25) is 0 Å². The van der Waals surface area contributed by atoms with Gasteiger partial charge in [0.2, 0.25) is 5.89 Å². The topological polar surface area (TPSA) is 80.9 Å². The lowest BCUT2D eigenvalue weighted by atomic mass is 9.94. The van der Waals surface area contributed by atoms with Crippen molar-refractivity contribution in [3.8, 4) is 11.5 Å². The molecule has 2 aromatic rings. The third-order valence-electron chi connectivity index (χ3n) is 4.02. The summed E-state index contributed by atoms with van der Waals surface area (Å²) in [7, 11) is 0. The van der Waals surface area contributed by atoms with Crippen LogP contribution < -0.4 is 20.1 Å². The summed E-state index contributed by atoms with van der Waals surface area (Å²) >= 11 is 0. The number of halogens is 1. The van der Waals surface area contributed by atoms with Crippen LogP contribution in [0.1, 0.15) is 45.8 Å². The minimum Gasteiger partial charge on any atom is -0.490 e. The van der Waals surface area contributed by atoms with Crippen LogP contribution in [0.5, 0.6) is 11.5 Å². The van der Waals surface area contributed by atoms with E-state index in [2.05, 4.69) is 41.4 Å². The number of ether oxygens (including phenoxy) is 2. The fraction of sp³-hybridized carbons (Fsp3) is 0.500. The molecule has 0 bridgehead atoms. The van der Waals surface area contributed by atoms with E-state index in [4.69, 9.17) is 13.9 Å². The van der Waals surface area contributed by atoms with Crippen molar-refractivity contribution in [1.82, 2.24) is 10.3 Å². The van der Waals surface area contributed by atoms with Gasteiger partial charge in [-0.15, -0.1) is 24.0 Å². The van der Waals surface area contributed by atoms with Crippen LogP contribution in [0.3, 0.4) is 0 Å². The normalized spacial score (nSPS) is 14.1. The van der Waals surface area contributed by atoms with E-state index in [0.717, 1.165) is 35.9 Å². The molecule has 7 nitrogen and oxygen atoms in total. The molecule has 0 spiro atoms. The summed E-state index contributed by atoms with van der Waals surface area (Å²) in [6, 6.07) is 5.79. The van der Waals surface area contributed by atoms with Gasteiger partial charge in [-0.25, -0.2) is 9.98 Å². The maximum absolute atomic E-state index is 5.80. The number of hydrogen-bond donors (Lipinski definition) is 2. The molecule has 2 heterocycles. The highest BCUT2D eigenvalue weighted by atomic mass is 127. The maximum atomic E-state index is 5.80. The summed E-state index contributed by atoms with van der Waals surface area (Å²) in [6.45, 7) is 10.7. The van der Waals surface area contributed by atoms with Crippen LogP contribution in [0.2, 0.25) is 0 Å². The molecular weight excluding hydrogens is 471 g/mol. The Morgan fingerprint density at radius 2 is 1.93 bits per heavy atom. The molecule has 2 N–H and O–H groups in total. The number of oxazole rings is 1. The number of guanidine groups is 1. The number of aromatic nitrogens is 1. The largest absolute Gasteiger partial charge is 0.490 e. The van der Waals surface area contributed by atoms with Gasteiger partial charge < -0.3 is 24.5 Å². The molecule has 0 amide bonds. The molecule has 0 atom stereocenters. The summed E-state index contributed by atoms with van der Waals surface area (Å²) in [5.74, 6) is 3.62. The SMILES string of the molecule is CCNC(=NCc1ncc(C(C)(C)C)o1)Nc1ccc2c(c1)OCCCO2.I. The lowest BCUT2D eigenvalue weighted by Crippen LogP contribution is -2.30. The Morgan fingerprint density at radius 3 is 2.61 bits per heavy atom.